The Labute approximate surface area is 97.7 Å². The average Bonchev–Trinajstić information content (AvgIpc) is 2.38. The van der Waals surface area contributed by atoms with E-state index in [1.807, 2.05) is 30.3 Å². The number of hydrogen-bond donors (Lipinski definition) is 2. The number of hydrogen-bond acceptors (Lipinski definition) is 2. The molecule has 2 rings (SSSR count). The first-order valence-electron chi connectivity index (χ1n) is 6.32. The van der Waals surface area contributed by atoms with E-state index in [1.54, 1.807) is 0 Å². The fourth-order valence-electron chi connectivity index (χ4n) is 2.42. The molecule has 0 aliphatic heterocycles. The third kappa shape index (κ3) is 3.32. The molecule has 0 saturated heterocycles. The van der Waals surface area contributed by atoms with Crippen LogP contribution in [0.25, 0.3) is 0 Å². The second-order valence-electron chi connectivity index (χ2n) is 4.73. The van der Waals surface area contributed by atoms with Crippen molar-refractivity contribution in [1.29, 1.82) is 0 Å². The predicted octanol–water partition coefficient (Wildman–Crippen LogP) is 2.85. The fourth-order valence-corrected chi connectivity index (χ4v) is 2.42. The molecule has 0 bridgehead atoms. The number of benzene rings is 1. The van der Waals surface area contributed by atoms with E-state index in [4.69, 9.17) is 0 Å². The zero-order valence-electron chi connectivity index (χ0n) is 9.73. The van der Waals surface area contributed by atoms with Gasteiger partial charge in [-0.25, -0.2) is 0 Å². The Bertz CT molecular complexity index is 293. The van der Waals surface area contributed by atoms with Crippen LogP contribution in [-0.4, -0.2) is 11.7 Å². The molecule has 0 aromatic heterocycles. The molecule has 0 amide bonds. The van der Waals surface area contributed by atoms with Crippen LogP contribution in [0.3, 0.4) is 0 Å². The molecule has 2 heteroatoms. The van der Waals surface area contributed by atoms with Gasteiger partial charge in [-0.15, -0.1) is 0 Å². The molecule has 1 aliphatic carbocycles. The summed E-state index contributed by atoms with van der Waals surface area (Å²) < 4.78 is 0. The van der Waals surface area contributed by atoms with Crippen molar-refractivity contribution in [1.82, 2.24) is 5.32 Å². The highest BCUT2D eigenvalue weighted by Crippen LogP contribution is 2.23. The minimum Gasteiger partial charge on any atom is -0.374 e. The first-order chi connectivity index (χ1) is 7.86. The standard InChI is InChI=1S/C14H21NO/c16-14(13-9-5-2-6-10-13)15-11-12-7-3-1-4-8-12/h2,5-6,9-10,12,14-16H,1,3-4,7-8,11H2. The molecule has 0 spiro atoms. The van der Waals surface area contributed by atoms with Crippen LogP contribution in [0.4, 0.5) is 0 Å². The molecule has 2 N–H and O–H groups in total. The van der Waals surface area contributed by atoms with Crippen LogP contribution in [0, 0.1) is 5.92 Å². The molecular weight excluding hydrogens is 198 g/mol. The quantitative estimate of drug-likeness (QED) is 0.763. The zero-order valence-corrected chi connectivity index (χ0v) is 9.73. The van der Waals surface area contributed by atoms with E-state index in [-0.39, 0.29) is 0 Å². The van der Waals surface area contributed by atoms with Crippen LogP contribution in [0.2, 0.25) is 0 Å². The summed E-state index contributed by atoms with van der Waals surface area (Å²) in [6.07, 6.45) is 6.21. The minimum absolute atomic E-state index is 0.511. The normalized spacial score (nSPS) is 19.6. The van der Waals surface area contributed by atoms with E-state index in [9.17, 15) is 5.11 Å². The maximum absolute atomic E-state index is 9.94. The van der Waals surface area contributed by atoms with Crippen molar-refractivity contribution in [3.05, 3.63) is 35.9 Å². The maximum atomic E-state index is 9.94. The summed E-state index contributed by atoms with van der Waals surface area (Å²) in [5.74, 6) is 0.757. The number of aliphatic hydroxyl groups excluding tert-OH is 1. The zero-order chi connectivity index (χ0) is 11.2. The molecule has 0 heterocycles. The Morgan fingerprint density at radius 1 is 1.12 bits per heavy atom. The molecule has 1 saturated carbocycles. The number of rotatable bonds is 4. The van der Waals surface area contributed by atoms with E-state index >= 15 is 0 Å². The van der Waals surface area contributed by atoms with Crippen LogP contribution >= 0.6 is 0 Å². The predicted molar refractivity (Wildman–Crippen MR) is 66.0 cm³/mol. The monoisotopic (exact) mass is 219 g/mol. The van der Waals surface area contributed by atoms with Gasteiger partial charge in [-0.05, 0) is 24.3 Å². The molecule has 88 valence electrons. The van der Waals surface area contributed by atoms with Crippen LogP contribution in [0.15, 0.2) is 30.3 Å². The maximum Gasteiger partial charge on any atom is 0.131 e. The van der Waals surface area contributed by atoms with Crippen molar-refractivity contribution in [2.24, 2.45) is 5.92 Å². The largest absolute Gasteiger partial charge is 0.374 e. The van der Waals surface area contributed by atoms with Crippen molar-refractivity contribution in [3.8, 4) is 0 Å². The lowest BCUT2D eigenvalue weighted by atomic mass is 9.89. The summed E-state index contributed by atoms with van der Waals surface area (Å²) in [7, 11) is 0. The highest BCUT2D eigenvalue weighted by Gasteiger charge is 2.14. The molecule has 0 radical (unpaired) electrons. The second-order valence-corrected chi connectivity index (χ2v) is 4.73. The van der Waals surface area contributed by atoms with Crippen molar-refractivity contribution >= 4 is 0 Å². The lowest BCUT2D eigenvalue weighted by Crippen LogP contribution is -2.28. The highest BCUT2D eigenvalue weighted by molar-refractivity contribution is 5.16. The summed E-state index contributed by atoms with van der Waals surface area (Å²) in [5.41, 5.74) is 0.957. The summed E-state index contributed by atoms with van der Waals surface area (Å²) >= 11 is 0. The molecule has 1 fully saturated rings. The minimum atomic E-state index is -0.511. The molecular formula is C14H21NO. The van der Waals surface area contributed by atoms with Gasteiger partial charge in [-0.1, -0.05) is 49.6 Å². The average molecular weight is 219 g/mol. The van der Waals surface area contributed by atoms with Gasteiger partial charge in [-0.2, -0.15) is 0 Å². The Hall–Kier alpha value is -0.860. The highest BCUT2D eigenvalue weighted by atomic mass is 16.3. The topological polar surface area (TPSA) is 32.3 Å². The summed E-state index contributed by atoms with van der Waals surface area (Å²) in [4.78, 5) is 0. The Balaban J connectivity index is 1.77. The van der Waals surface area contributed by atoms with Gasteiger partial charge in [0.2, 0.25) is 0 Å². The molecule has 1 aromatic carbocycles. The van der Waals surface area contributed by atoms with Crippen molar-refractivity contribution in [2.45, 2.75) is 38.3 Å². The smallest absolute Gasteiger partial charge is 0.131 e. The fraction of sp³-hybridized carbons (Fsp3) is 0.571. The van der Waals surface area contributed by atoms with Crippen LogP contribution < -0.4 is 5.32 Å². The van der Waals surface area contributed by atoms with Gasteiger partial charge in [0.05, 0.1) is 0 Å². The SMILES string of the molecule is OC(NCC1CCCCC1)c1ccccc1. The van der Waals surface area contributed by atoms with Gasteiger partial charge in [0.15, 0.2) is 0 Å². The lowest BCUT2D eigenvalue weighted by molar-refractivity contribution is 0.128. The first-order valence-corrected chi connectivity index (χ1v) is 6.32. The van der Waals surface area contributed by atoms with Crippen LogP contribution in [-0.2, 0) is 0 Å². The molecule has 1 aromatic rings. The van der Waals surface area contributed by atoms with Crippen LogP contribution in [0.1, 0.15) is 43.9 Å². The van der Waals surface area contributed by atoms with E-state index in [0.717, 1.165) is 18.0 Å². The third-order valence-corrected chi connectivity index (χ3v) is 3.44. The second kappa shape index (κ2) is 6.02. The van der Waals surface area contributed by atoms with Gasteiger partial charge in [0.25, 0.3) is 0 Å². The lowest BCUT2D eigenvalue weighted by Gasteiger charge is -2.23. The Kier molecular flexibility index (Phi) is 4.37. The Morgan fingerprint density at radius 3 is 2.50 bits per heavy atom. The number of nitrogens with one attached hydrogen (secondary N) is 1. The molecule has 2 nitrogen and oxygen atoms in total. The molecule has 16 heavy (non-hydrogen) atoms. The van der Waals surface area contributed by atoms with Crippen molar-refractivity contribution in [2.75, 3.05) is 6.54 Å². The molecule has 1 aliphatic rings. The molecule has 1 atom stereocenters. The number of aliphatic hydroxyl groups is 1. The van der Waals surface area contributed by atoms with Gasteiger partial charge < -0.3 is 5.11 Å². The van der Waals surface area contributed by atoms with Crippen molar-refractivity contribution in [3.63, 3.8) is 0 Å². The van der Waals surface area contributed by atoms with Gasteiger partial charge in [0.1, 0.15) is 6.23 Å². The Morgan fingerprint density at radius 2 is 1.81 bits per heavy atom. The van der Waals surface area contributed by atoms with E-state index in [1.165, 1.54) is 32.1 Å². The van der Waals surface area contributed by atoms with Gasteiger partial charge in [0, 0.05) is 6.54 Å². The van der Waals surface area contributed by atoms with E-state index in [0.29, 0.717) is 0 Å². The van der Waals surface area contributed by atoms with E-state index < -0.39 is 6.23 Å². The van der Waals surface area contributed by atoms with Crippen LogP contribution in [0.5, 0.6) is 0 Å². The third-order valence-electron chi connectivity index (χ3n) is 3.44. The van der Waals surface area contributed by atoms with E-state index in [2.05, 4.69) is 5.32 Å². The van der Waals surface area contributed by atoms with Gasteiger partial charge >= 0.3 is 0 Å². The summed E-state index contributed by atoms with van der Waals surface area (Å²) in [6, 6.07) is 9.80. The van der Waals surface area contributed by atoms with Gasteiger partial charge in [-0.3, -0.25) is 5.32 Å². The first kappa shape index (κ1) is 11.6. The van der Waals surface area contributed by atoms with Crippen molar-refractivity contribution < 1.29 is 5.11 Å². The summed E-state index contributed by atoms with van der Waals surface area (Å²) in [6.45, 7) is 0.941. The summed E-state index contributed by atoms with van der Waals surface area (Å²) in [5, 5.41) is 13.2. The molecule has 1 unspecified atom stereocenters.